The van der Waals surface area contributed by atoms with Gasteiger partial charge in [-0.15, -0.1) is 0 Å². The molecular weight excluding hydrogens is 318 g/mol. The highest BCUT2D eigenvalue weighted by atomic mass is 16.5. The van der Waals surface area contributed by atoms with E-state index in [0.717, 1.165) is 35.3 Å². The van der Waals surface area contributed by atoms with Gasteiger partial charge in [-0.25, -0.2) is 4.98 Å². The summed E-state index contributed by atoms with van der Waals surface area (Å²) in [5.74, 6) is 2.00. The number of fused-ring (bicyclic) bond motifs is 1. The van der Waals surface area contributed by atoms with Crippen LogP contribution in [0.2, 0.25) is 0 Å². The van der Waals surface area contributed by atoms with Crippen molar-refractivity contribution in [3.63, 3.8) is 0 Å². The number of oxazole rings is 1. The second kappa shape index (κ2) is 5.82. The van der Waals surface area contributed by atoms with Crippen LogP contribution >= 0.6 is 0 Å². The quantitative estimate of drug-likeness (QED) is 0.563. The van der Waals surface area contributed by atoms with Crippen molar-refractivity contribution < 1.29 is 13.7 Å². The maximum atomic E-state index is 5.84. The molecule has 6 nitrogen and oxygen atoms in total. The van der Waals surface area contributed by atoms with Gasteiger partial charge in [-0.3, -0.25) is 0 Å². The third kappa shape index (κ3) is 2.60. The third-order valence-electron chi connectivity index (χ3n) is 4.39. The fourth-order valence-corrected chi connectivity index (χ4v) is 3.02. The summed E-state index contributed by atoms with van der Waals surface area (Å²) in [7, 11) is 0. The lowest BCUT2D eigenvalue weighted by Gasteiger charge is -1.97. The van der Waals surface area contributed by atoms with E-state index in [1.54, 1.807) is 0 Å². The Bertz CT molecular complexity index is 1020. The molecule has 124 valence electrons. The molecule has 0 spiro atoms. The molecule has 1 aliphatic heterocycles. The molecule has 25 heavy (non-hydrogen) atoms. The van der Waals surface area contributed by atoms with Gasteiger partial charge in [0.15, 0.2) is 5.58 Å². The van der Waals surface area contributed by atoms with Crippen molar-refractivity contribution in [2.45, 2.75) is 12.3 Å². The number of hydrogen-bond acceptors (Lipinski definition) is 6. The first-order valence-electron chi connectivity index (χ1n) is 8.24. The Morgan fingerprint density at radius 3 is 2.72 bits per heavy atom. The maximum Gasteiger partial charge on any atom is 0.232 e. The molecule has 1 fully saturated rings. The molecule has 1 aliphatic rings. The van der Waals surface area contributed by atoms with Crippen LogP contribution in [0.3, 0.4) is 0 Å². The highest BCUT2D eigenvalue weighted by Gasteiger charge is 2.24. The topological polar surface area (TPSA) is 74.2 Å². The first-order valence-corrected chi connectivity index (χ1v) is 8.24. The minimum Gasteiger partial charge on any atom is -0.436 e. The highest BCUT2D eigenvalue weighted by molar-refractivity contribution is 5.81. The van der Waals surface area contributed by atoms with Crippen molar-refractivity contribution in [1.29, 1.82) is 0 Å². The van der Waals surface area contributed by atoms with Gasteiger partial charge in [0, 0.05) is 17.7 Å². The first kappa shape index (κ1) is 14.4. The summed E-state index contributed by atoms with van der Waals surface area (Å²) < 4.78 is 16.6. The van der Waals surface area contributed by atoms with E-state index in [1.165, 1.54) is 0 Å². The van der Waals surface area contributed by atoms with Crippen LogP contribution in [0.5, 0.6) is 0 Å². The van der Waals surface area contributed by atoms with Crippen molar-refractivity contribution >= 4 is 11.1 Å². The standard InChI is InChI=1S/C19H15N3O3/c1-2-4-12(5-3-1)18-20-15-10-13(6-7-16(15)24-18)17-21-19(25-22-17)14-8-9-23-11-14/h1-7,10,14H,8-9,11H2/t14-/m1/s1. The molecule has 4 aromatic rings. The average Bonchev–Trinajstić information content (AvgIpc) is 3.40. The summed E-state index contributed by atoms with van der Waals surface area (Å²) in [6.45, 7) is 1.39. The van der Waals surface area contributed by atoms with E-state index in [4.69, 9.17) is 13.7 Å². The van der Waals surface area contributed by atoms with Crippen molar-refractivity contribution in [1.82, 2.24) is 15.1 Å². The Hall–Kier alpha value is -2.99. The molecule has 1 atom stereocenters. The van der Waals surface area contributed by atoms with Crippen LogP contribution in [0.4, 0.5) is 0 Å². The molecule has 3 heterocycles. The number of ether oxygens (including phenoxy) is 1. The van der Waals surface area contributed by atoms with Gasteiger partial charge in [0.1, 0.15) is 5.52 Å². The fraction of sp³-hybridized carbons (Fsp3) is 0.211. The van der Waals surface area contributed by atoms with E-state index in [0.29, 0.717) is 24.2 Å². The van der Waals surface area contributed by atoms with Crippen LogP contribution in [-0.2, 0) is 4.74 Å². The summed E-state index contributed by atoms with van der Waals surface area (Å²) in [5, 5.41) is 4.10. The summed E-state index contributed by atoms with van der Waals surface area (Å²) in [4.78, 5) is 9.10. The Labute approximate surface area is 143 Å². The van der Waals surface area contributed by atoms with E-state index >= 15 is 0 Å². The third-order valence-corrected chi connectivity index (χ3v) is 4.39. The van der Waals surface area contributed by atoms with Gasteiger partial charge >= 0.3 is 0 Å². The Morgan fingerprint density at radius 2 is 1.88 bits per heavy atom. The molecule has 1 saturated heterocycles. The van der Waals surface area contributed by atoms with Crippen LogP contribution < -0.4 is 0 Å². The van der Waals surface area contributed by atoms with Crippen LogP contribution in [0, 0.1) is 0 Å². The second-order valence-corrected chi connectivity index (χ2v) is 6.08. The SMILES string of the molecule is c1ccc(-c2nc3cc(-c4noc([C@@H]5CCOC5)n4)ccc3o2)cc1. The molecule has 0 unspecified atom stereocenters. The number of aromatic nitrogens is 3. The molecule has 5 rings (SSSR count). The monoisotopic (exact) mass is 333 g/mol. The molecule has 0 radical (unpaired) electrons. The lowest BCUT2D eigenvalue weighted by Crippen LogP contribution is -1.97. The van der Waals surface area contributed by atoms with Crippen molar-refractivity contribution in [2.24, 2.45) is 0 Å². The van der Waals surface area contributed by atoms with E-state index in [9.17, 15) is 0 Å². The Morgan fingerprint density at radius 1 is 0.960 bits per heavy atom. The number of rotatable bonds is 3. The Kier molecular flexibility index (Phi) is 3.34. The summed E-state index contributed by atoms with van der Waals surface area (Å²) in [6, 6.07) is 15.6. The lowest BCUT2D eigenvalue weighted by molar-refractivity contribution is 0.189. The molecule has 6 heteroatoms. The smallest absolute Gasteiger partial charge is 0.232 e. The second-order valence-electron chi connectivity index (χ2n) is 6.08. The molecule has 0 amide bonds. The predicted molar refractivity (Wildman–Crippen MR) is 90.9 cm³/mol. The van der Waals surface area contributed by atoms with Crippen LogP contribution in [-0.4, -0.2) is 28.3 Å². The van der Waals surface area contributed by atoms with Gasteiger partial charge in [-0.2, -0.15) is 4.98 Å². The van der Waals surface area contributed by atoms with Crippen molar-refractivity contribution in [3.8, 4) is 22.8 Å². The molecule has 0 bridgehead atoms. The maximum absolute atomic E-state index is 5.84. The zero-order chi connectivity index (χ0) is 16.6. The minimum atomic E-state index is 0.196. The largest absolute Gasteiger partial charge is 0.436 e. The summed E-state index contributed by atoms with van der Waals surface area (Å²) in [5.41, 5.74) is 3.31. The van der Waals surface area contributed by atoms with E-state index in [1.807, 2.05) is 48.5 Å². The predicted octanol–water partition coefficient (Wildman–Crippen LogP) is 4.05. The number of hydrogen-bond donors (Lipinski definition) is 0. The summed E-state index contributed by atoms with van der Waals surface area (Å²) >= 11 is 0. The van der Waals surface area contributed by atoms with Crippen LogP contribution in [0.25, 0.3) is 33.9 Å². The Balaban J connectivity index is 1.50. The fourth-order valence-electron chi connectivity index (χ4n) is 3.02. The van der Waals surface area contributed by atoms with Gasteiger partial charge < -0.3 is 13.7 Å². The van der Waals surface area contributed by atoms with Gasteiger partial charge in [-0.1, -0.05) is 23.4 Å². The van der Waals surface area contributed by atoms with Gasteiger partial charge in [0.25, 0.3) is 0 Å². The molecule has 0 N–H and O–H groups in total. The van der Waals surface area contributed by atoms with Crippen molar-refractivity contribution in [2.75, 3.05) is 13.2 Å². The van der Waals surface area contributed by atoms with E-state index < -0.39 is 0 Å². The number of benzene rings is 2. The normalized spacial score (nSPS) is 17.4. The molecule has 0 saturated carbocycles. The van der Waals surface area contributed by atoms with Crippen LogP contribution in [0.1, 0.15) is 18.2 Å². The van der Waals surface area contributed by atoms with Gasteiger partial charge in [0.2, 0.25) is 17.6 Å². The molecule has 0 aliphatic carbocycles. The molecule has 2 aromatic heterocycles. The van der Waals surface area contributed by atoms with Crippen LogP contribution in [0.15, 0.2) is 57.5 Å². The lowest BCUT2D eigenvalue weighted by atomic mass is 10.1. The number of nitrogens with zero attached hydrogens (tertiary/aromatic N) is 3. The van der Waals surface area contributed by atoms with Gasteiger partial charge in [0.05, 0.1) is 12.5 Å². The zero-order valence-corrected chi connectivity index (χ0v) is 13.4. The summed E-state index contributed by atoms with van der Waals surface area (Å²) in [6.07, 6.45) is 0.921. The molecular formula is C19H15N3O3. The van der Waals surface area contributed by atoms with Crippen molar-refractivity contribution in [3.05, 3.63) is 54.4 Å². The zero-order valence-electron chi connectivity index (χ0n) is 13.4. The van der Waals surface area contributed by atoms with E-state index in [-0.39, 0.29) is 5.92 Å². The van der Waals surface area contributed by atoms with Gasteiger partial charge in [-0.05, 0) is 36.8 Å². The van der Waals surface area contributed by atoms with E-state index in [2.05, 4.69) is 15.1 Å². The average molecular weight is 333 g/mol. The molecule has 2 aromatic carbocycles. The first-order chi connectivity index (χ1) is 12.4. The minimum absolute atomic E-state index is 0.196. The highest BCUT2D eigenvalue weighted by Crippen LogP contribution is 2.29.